The monoisotopic (exact) mass is 238 g/mol. The molecule has 0 N–H and O–H groups in total. The predicted molar refractivity (Wildman–Crippen MR) is 68.0 cm³/mol. The van der Waals surface area contributed by atoms with Crippen molar-refractivity contribution in [3.63, 3.8) is 0 Å². The predicted octanol–water partition coefficient (Wildman–Crippen LogP) is 3.54. The normalized spacial score (nSPS) is 44.1. The molecule has 4 unspecified atom stereocenters. The van der Waals surface area contributed by atoms with Crippen molar-refractivity contribution in [3.8, 4) is 0 Å². The molecular formula is C15H26O2. The van der Waals surface area contributed by atoms with Gasteiger partial charge in [0.05, 0.1) is 24.4 Å². The van der Waals surface area contributed by atoms with Crippen LogP contribution in [0.15, 0.2) is 0 Å². The van der Waals surface area contributed by atoms with Crippen molar-refractivity contribution in [1.82, 2.24) is 0 Å². The van der Waals surface area contributed by atoms with Gasteiger partial charge < -0.3 is 9.47 Å². The Labute approximate surface area is 105 Å². The second-order valence-corrected chi connectivity index (χ2v) is 6.16. The second kappa shape index (κ2) is 4.55. The van der Waals surface area contributed by atoms with Gasteiger partial charge in [0.15, 0.2) is 0 Å². The molecule has 1 aliphatic carbocycles. The Hall–Kier alpha value is -0.0800. The van der Waals surface area contributed by atoms with Gasteiger partial charge in [-0.25, -0.2) is 0 Å². The molecule has 17 heavy (non-hydrogen) atoms. The lowest BCUT2D eigenvalue weighted by Gasteiger charge is -2.39. The zero-order valence-electron chi connectivity index (χ0n) is 11.3. The average Bonchev–Trinajstić information content (AvgIpc) is 2.90. The zero-order chi connectivity index (χ0) is 11.9. The number of rotatable bonds is 2. The summed E-state index contributed by atoms with van der Waals surface area (Å²) in [6.07, 6.45) is 9.91. The smallest absolute Gasteiger partial charge is 0.0740 e. The molecule has 0 amide bonds. The van der Waals surface area contributed by atoms with E-state index in [4.69, 9.17) is 9.47 Å². The highest BCUT2D eigenvalue weighted by atomic mass is 16.5. The van der Waals surface area contributed by atoms with Crippen LogP contribution in [0.25, 0.3) is 0 Å². The van der Waals surface area contributed by atoms with Crippen molar-refractivity contribution in [2.45, 2.75) is 76.6 Å². The first-order chi connectivity index (χ1) is 8.30. The van der Waals surface area contributed by atoms with E-state index in [-0.39, 0.29) is 5.60 Å². The van der Waals surface area contributed by atoms with Crippen LogP contribution in [-0.2, 0) is 9.47 Å². The third-order valence-corrected chi connectivity index (χ3v) is 5.36. The van der Waals surface area contributed by atoms with Crippen LogP contribution in [-0.4, -0.2) is 24.4 Å². The van der Waals surface area contributed by atoms with Gasteiger partial charge in [0.1, 0.15) is 0 Å². The molecule has 2 aliphatic heterocycles. The molecule has 4 atom stereocenters. The average molecular weight is 238 g/mol. The lowest BCUT2D eigenvalue weighted by Crippen LogP contribution is -2.42. The van der Waals surface area contributed by atoms with Gasteiger partial charge in [0.25, 0.3) is 0 Å². The molecule has 0 radical (unpaired) electrons. The molecule has 2 saturated heterocycles. The first-order valence-electron chi connectivity index (χ1n) is 7.60. The summed E-state index contributed by atoms with van der Waals surface area (Å²) in [7, 11) is 0. The van der Waals surface area contributed by atoms with Crippen LogP contribution in [0.5, 0.6) is 0 Å². The second-order valence-electron chi connectivity index (χ2n) is 6.16. The summed E-state index contributed by atoms with van der Waals surface area (Å²) in [5.41, 5.74) is 0.202. The molecular weight excluding hydrogens is 212 g/mol. The van der Waals surface area contributed by atoms with E-state index in [0.29, 0.717) is 24.0 Å². The Bertz CT molecular complexity index is 270. The van der Waals surface area contributed by atoms with Crippen LogP contribution < -0.4 is 0 Å². The highest BCUT2D eigenvalue weighted by molar-refractivity contribution is 5.06. The van der Waals surface area contributed by atoms with Gasteiger partial charge >= 0.3 is 0 Å². The number of fused-ring (bicyclic) bond motifs is 2. The third-order valence-electron chi connectivity index (χ3n) is 5.36. The Balaban J connectivity index is 1.84. The molecule has 0 aromatic carbocycles. The lowest BCUT2D eigenvalue weighted by atomic mass is 9.70. The van der Waals surface area contributed by atoms with E-state index >= 15 is 0 Å². The van der Waals surface area contributed by atoms with Crippen molar-refractivity contribution < 1.29 is 9.47 Å². The Morgan fingerprint density at radius 3 is 2.35 bits per heavy atom. The fourth-order valence-electron chi connectivity index (χ4n) is 4.59. The standard InChI is InChI=1S/C15H26O2/c1-3-12-11-10-16-15(8-6-5-7-9-15)14(11)13(4-2)17-12/h11-14H,3-10H2,1-2H3. The summed E-state index contributed by atoms with van der Waals surface area (Å²) in [6.45, 7) is 5.49. The molecule has 98 valence electrons. The summed E-state index contributed by atoms with van der Waals surface area (Å²) in [4.78, 5) is 0. The summed E-state index contributed by atoms with van der Waals surface area (Å²) in [6, 6.07) is 0. The molecule has 0 aromatic rings. The molecule has 2 heteroatoms. The van der Waals surface area contributed by atoms with E-state index < -0.39 is 0 Å². The van der Waals surface area contributed by atoms with Crippen LogP contribution in [0.2, 0.25) is 0 Å². The summed E-state index contributed by atoms with van der Waals surface area (Å²) >= 11 is 0. The lowest BCUT2D eigenvalue weighted by molar-refractivity contribution is -0.0944. The number of hydrogen-bond acceptors (Lipinski definition) is 2. The Morgan fingerprint density at radius 2 is 1.71 bits per heavy atom. The highest BCUT2D eigenvalue weighted by Gasteiger charge is 2.58. The van der Waals surface area contributed by atoms with E-state index in [9.17, 15) is 0 Å². The fraction of sp³-hybridized carbons (Fsp3) is 1.00. The minimum atomic E-state index is 0.202. The Kier molecular flexibility index (Phi) is 3.20. The Morgan fingerprint density at radius 1 is 1.00 bits per heavy atom. The molecule has 2 heterocycles. The summed E-state index contributed by atoms with van der Waals surface area (Å²) in [5.74, 6) is 1.38. The fourth-order valence-corrected chi connectivity index (χ4v) is 4.59. The molecule has 1 spiro atoms. The number of hydrogen-bond donors (Lipinski definition) is 0. The van der Waals surface area contributed by atoms with E-state index in [1.165, 1.54) is 32.1 Å². The van der Waals surface area contributed by atoms with Gasteiger partial charge in [-0.2, -0.15) is 0 Å². The van der Waals surface area contributed by atoms with Crippen LogP contribution >= 0.6 is 0 Å². The van der Waals surface area contributed by atoms with Gasteiger partial charge in [-0.05, 0) is 25.7 Å². The highest BCUT2D eigenvalue weighted by Crippen LogP contribution is 2.54. The van der Waals surface area contributed by atoms with E-state index in [0.717, 1.165) is 19.4 Å². The van der Waals surface area contributed by atoms with Crippen LogP contribution in [0.3, 0.4) is 0 Å². The van der Waals surface area contributed by atoms with Crippen molar-refractivity contribution >= 4 is 0 Å². The molecule has 1 saturated carbocycles. The minimum absolute atomic E-state index is 0.202. The molecule has 3 rings (SSSR count). The van der Waals surface area contributed by atoms with Crippen molar-refractivity contribution in [2.24, 2.45) is 11.8 Å². The first-order valence-corrected chi connectivity index (χ1v) is 7.60. The van der Waals surface area contributed by atoms with Crippen LogP contribution in [0.1, 0.15) is 58.8 Å². The van der Waals surface area contributed by atoms with E-state index in [1.54, 1.807) is 0 Å². The maximum Gasteiger partial charge on any atom is 0.0740 e. The first kappa shape index (κ1) is 12.0. The summed E-state index contributed by atoms with van der Waals surface area (Å²) < 4.78 is 12.6. The van der Waals surface area contributed by atoms with Crippen molar-refractivity contribution in [3.05, 3.63) is 0 Å². The number of ether oxygens (including phenoxy) is 2. The molecule has 2 nitrogen and oxygen atoms in total. The largest absolute Gasteiger partial charge is 0.374 e. The molecule has 0 aromatic heterocycles. The van der Waals surface area contributed by atoms with Gasteiger partial charge in [-0.3, -0.25) is 0 Å². The van der Waals surface area contributed by atoms with Gasteiger partial charge in [-0.1, -0.05) is 33.1 Å². The minimum Gasteiger partial charge on any atom is -0.374 e. The van der Waals surface area contributed by atoms with Gasteiger partial charge in [-0.15, -0.1) is 0 Å². The van der Waals surface area contributed by atoms with Crippen molar-refractivity contribution in [1.29, 1.82) is 0 Å². The SMILES string of the molecule is CCC1OC(CC)C2C1COC21CCCCC1. The van der Waals surface area contributed by atoms with E-state index in [1.807, 2.05) is 0 Å². The topological polar surface area (TPSA) is 18.5 Å². The molecule has 0 bridgehead atoms. The molecule has 3 fully saturated rings. The summed E-state index contributed by atoms with van der Waals surface area (Å²) in [5, 5.41) is 0. The van der Waals surface area contributed by atoms with E-state index in [2.05, 4.69) is 13.8 Å². The quantitative estimate of drug-likeness (QED) is 0.732. The van der Waals surface area contributed by atoms with Crippen LogP contribution in [0.4, 0.5) is 0 Å². The van der Waals surface area contributed by atoms with Gasteiger partial charge in [0.2, 0.25) is 0 Å². The maximum atomic E-state index is 6.33. The van der Waals surface area contributed by atoms with Gasteiger partial charge in [0, 0.05) is 11.8 Å². The molecule has 3 aliphatic rings. The zero-order valence-corrected chi connectivity index (χ0v) is 11.3. The maximum absolute atomic E-state index is 6.33. The van der Waals surface area contributed by atoms with Crippen molar-refractivity contribution in [2.75, 3.05) is 6.61 Å². The van der Waals surface area contributed by atoms with Crippen LogP contribution in [0, 0.1) is 11.8 Å². The third kappa shape index (κ3) is 1.76.